The van der Waals surface area contributed by atoms with Crippen LogP contribution in [-0.4, -0.2) is 81.2 Å². The van der Waals surface area contributed by atoms with Gasteiger partial charge in [0.05, 0.1) is 19.0 Å². The third-order valence-electron chi connectivity index (χ3n) is 4.96. The largest absolute Gasteiger partial charge is 0.480 e. The van der Waals surface area contributed by atoms with E-state index in [1.165, 1.54) is 12.5 Å². The first-order valence-corrected chi connectivity index (χ1v) is 10.8. The zero-order valence-corrected chi connectivity index (χ0v) is 18.9. The Morgan fingerprint density at radius 2 is 1.73 bits per heavy atom. The number of rotatable bonds is 15. The van der Waals surface area contributed by atoms with Gasteiger partial charge in [-0.1, -0.05) is 20.3 Å². The number of aliphatic hydroxyl groups is 1. The topological polar surface area (TPSA) is 226 Å². The zero-order valence-electron chi connectivity index (χ0n) is 18.9. The van der Waals surface area contributed by atoms with E-state index in [0.29, 0.717) is 25.1 Å². The van der Waals surface area contributed by atoms with E-state index in [2.05, 4.69) is 25.9 Å². The molecule has 4 atom stereocenters. The van der Waals surface area contributed by atoms with Crippen molar-refractivity contribution in [3.63, 3.8) is 0 Å². The van der Waals surface area contributed by atoms with Crippen molar-refractivity contribution < 1.29 is 29.4 Å². The molecule has 1 heterocycles. The van der Waals surface area contributed by atoms with Crippen molar-refractivity contribution in [2.45, 2.75) is 63.7 Å². The number of imidazole rings is 1. The molecule has 0 aliphatic carbocycles. The normalized spacial score (nSPS) is 14.7. The standard InChI is InChI=1S/C20H35N7O6/c1-11(2)16(19(31)26-15(9-28)20(32)33)27-18(30)14(7-12-8-23-10-24-12)25-17(29)13(22)5-3-4-6-21/h8,10-11,13-16,28H,3-7,9,21-22H2,1-2H3,(H,23,24)(H,25,29)(H,26,31)(H,27,30)(H,32,33). The predicted octanol–water partition coefficient (Wildman–Crippen LogP) is -2.40. The van der Waals surface area contributed by atoms with Gasteiger partial charge in [-0.2, -0.15) is 0 Å². The molecule has 33 heavy (non-hydrogen) atoms. The minimum absolute atomic E-state index is 0.0634. The Bertz CT molecular complexity index is 771. The highest BCUT2D eigenvalue weighted by atomic mass is 16.4. The molecule has 0 radical (unpaired) electrons. The van der Waals surface area contributed by atoms with Gasteiger partial charge in [-0.05, 0) is 25.3 Å². The Hall–Kier alpha value is -3.03. The first-order chi connectivity index (χ1) is 15.6. The Labute approximate surface area is 192 Å². The summed E-state index contributed by atoms with van der Waals surface area (Å²) >= 11 is 0. The van der Waals surface area contributed by atoms with Gasteiger partial charge in [-0.25, -0.2) is 9.78 Å². The highest BCUT2D eigenvalue weighted by Crippen LogP contribution is 2.07. The number of carboxylic acid groups (broad SMARTS) is 1. The molecule has 1 aromatic heterocycles. The van der Waals surface area contributed by atoms with Crippen LogP contribution >= 0.6 is 0 Å². The van der Waals surface area contributed by atoms with Crippen molar-refractivity contribution in [3.05, 3.63) is 18.2 Å². The van der Waals surface area contributed by atoms with E-state index in [0.717, 1.165) is 6.42 Å². The summed E-state index contributed by atoms with van der Waals surface area (Å²) in [6.45, 7) is 3.00. The number of hydrogen-bond acceptors (Lipinski definition) is 8. The Morgan fingerprint density at radius 1 is 1.06 bits per heavy atom. The number of aliphatic carboxylic acids is 1. The molecule has 1 aromatic rings. The lowest BCUT2D eigenvalue weighted by Crippen LogP contribution is -2.59. The van der Waals surface area contributed by atoms with E-state index < -0.39 is 60.4 Å². The molecule has 3 amide bonds. The van der Waals surface area contributed by atoms with Gasteiger partial charge in [0.25, 0.3) is 0 Å². The molecule has 186 valence electrons. The summed E-state index contributed by atoms with van der Waals surface area (Å²) < 4.78 is 0. The molecule has 0 aliphatic heterocycles. The van der Waals surface area contributed by atoms with E-state index >= 15 is 0 Å². The van der Waals surface area contributed by atoms with Crippen LogP contribution in [0, 0.1) is 5.92 Å². The third kappa shape index (κ3) is 9.55. The lowest BCUT2D eigenvalue weighted by molar-refractivity contribution is -0.143. The molecule has 1 rings (SSSR count). The molecule has 13 heteroatoms. The maximum atomic E-state index is 13.0. The van der Waals surface area contributed by atoms with Gasteiger partial charge >= 0.3 is 5.97 Å². The Kier molecular flexibility index (Phi) is 12.0. The van der Waals surface area contributed by atoms with Crippen LogP contribution in [0.25, 0.3) is 0 Å². The van der Waals surface area contributed by atoms with Crippen LogP contribution in [-0.2, 0) is 25.6 Å². The number of aliphatic hydroxyl groups excluding tert-OH is 1. The van der Waals surface area contributed by atoms with E-state index in [4.69, 9.17) is 21.7 Å². The molecule has 10 N–H and O–H groups in total. The number of hydrogen-bond donors (Lipinski definition) is 8. The van der Waals surface area contributed by atoms with Gasteiger partial charge in [0.1, 0.15) is 18.1 Å². The van der Waals surface area contributed by atoms with Gasteiger partial charge in [0.2, 0.25) is 17.7 Å². The second-order valence-corrected chi connectivity index (χ2v) is 8.05. The fourth-order valence-electron chi connectivity index (χ4n) is 2.98. The SMILES string of the molecule is CC(C)C(NC(=O)C(Cc1cnc[nH]1)NC(=O)C(N)CCCCN)C(=O)NC(CO)C(=O)O. The predicted molar refractivity (Wildman–Crippen MR) is 119 cm³/mol. The van der Waals surface area contributed by atoms with Crippen molar-refractivity contribution in [1.29, 1.82) is 0 Å². The van der Waals surface area contributed by atoms with E-state index in [1.54, 1.807) is 13.8 Å². The summed E-state index contributed by atoms with van der Waals surface area (Å²) in [6, 6.07) is -4.52. The molecule has 13 nitrogen and oxygen atoms in total. The second-order valence-electron chi connectivity index (χ2n) is 8.05. The Morgan fingerprint density at radius 3 is 2.24 bits per heavy atom. The minimum Gasteiger partial charge on any atom is -0.480 e. The van der Waals surface area contributed by atoms with Crippen molar-refractivity contribution in [3.8, 4) is 0 Å². The molecule has 0 bridgehead atoms. The number of H-pyrrole nitrogens is 1. The summed E-state index contributed by atoms with van der Waals surface area (Å²) in [5, 5.41) is 25.6. The number of carboxylic acids is 1. The van der Waals surface area contributed by atoms with E-state index in [1.807, 2.05) is 0 Å². The fourth-order valence-corrected chi connectivity index (χ4v) is 2.98. The van der Waals surface area contributed by atoms with Crippen LogP contribution in [0.15, 0.2) is 12.5 Å². The average molecular weight is 470 g/mol. The molecular formula is C20H35N7O6. The van der Waals surface area contributed by atoms with Crippen LogP contribution in [0.2, 0.25) is 0 Å². The fraction of sp³-hybridized carbons (Fsp3) is 0.650. The van der Waals surface area contributed by atoms with Crippen molar-refractivity contribution in [1.82, 2.24) is 25.9 Å². The number of carbonyl (C=O) groups is 4. The number of nitrogens with zero attached hydrogens (tertiary/aromatic N) is 1. The summed E-state index contributed by atoms with van der Waals surface area (Å²) in [6.07, 6.45) is 4.77. The lowest BCUT2D eigenvalue weighted by Gasteiger charge is -2.26. The summed E-state index contributed by atoms with van der Waals surface area (Å²) in [7, 11) is 0. The average Bonchev–Trinajstić information content (AvgIpc) is 3.27. The summed E-state index contributed by atoms with van der Waals surface area (Å²) in [5.74, 6) is -3.78. The molecule has 0 spiro atoms. The zero-order chi connectivity index (χ0) is 25.0. The van der Waals surface area contributed by atoms with E-state index in [9.17, 15) is 19.2 Å². The van der Waals surface area contributed by atoms with Crippen molar-refractivity contribution in [2.75, 3.05) is 13.2 Å². The third-order valence-corrected chi connectivity index (χ3v) is 4.96. The maximum Gasteiger partial charge on any atom is 0.328 e. The number of nitrogens with one attached hydrogen (secondary N) is 4. The van der Waals surface area contributed by atoms with Crippen LogP contribution in [0.5, 0.6) is 0 Å². The molecule has 0 aliphatic rings. The smallest absolute Gasteiger partial charge is 0.328 e. The first-order valence-electron chi connectivity index (χ1n) is 10.8. The molecular weight excluding hydrogens is 434 g/mol. The van der Waals surface area contributed by atoms with Crippen LogP contribution in [0.3, 0.4) is 0 Å². The quantitative estimate of drug-likeness (QED) is 0.128. The highest BCUT2D eigenvalue weighted by Gasteiger charge is 2.32. The number of carbonyl (C=O) groups excluding carboxylic acids is 3. The van der Waals surface area contributed by atoms with Gasteiger partial charge in [-0.3, -0.25) is 14.4 Å². The number of nitrogens with two attached hydrogens (primary N) is 2. The highest BCUT2D eigenvalue weighted by molar-refractivity contribution is 5.94. The summed E-state index contributed by atoms with van der Waals surface area (Å²) in [4.78, 5) is 56.0. The minimum atomic E-state index is -1.51. The van der Waals surface area contributed by atoms with Gasteiger partial charge in [0.15, 0.2) is 0 Å². The van der Waals surface area contributed by atoms with Gasteiger partial charge in [0, 0.05) is 18.3 Å². The second kappa shape index (κ2) is 14.2. The van der Waals surface area contributed by atoms with Crippen LogP contribution < -0.4 is 27.4 Å². The summed E-state index contributed by atoms with van der Waals surface area (Å²) in [5.41, 5.74) is 12.0. The van der Waals surface area contributed by atoms with Crippen LogP contribution in [0.1, 0.15) is 38.8 Å². The number of aromatic amines is 1. The maximum absolute atomic E-state index is 13.0. The molecule has 0 saturated carbocycles. The van der Waals surface area contributed by atoms with E-state index in [-0.39, 0.29) is 6.42 Å². The number of amides is 3. The van der Waals surface area contributed by atoms with Gasteiger partial charge in [-0.15, -0.1) is 0 Å². The number of unbranched alkanes of at least 4 members (excludes halogenated alkanes) is 1. The molecule has 0 fully saturated rings. The lowest BCUT2D eigenvalue weighted by atomic mass is 10.0. The number of aromatic nitrogens is 2. The molecule has 4 unspecified atom stereocenters. The first kappa shape index (κ1) is 28.0. The Balaban J connectivity index is 2.94. The van der Waals surface area contributed by atoms with Crippen LogP contribution in [0.4, 0.5) is 0 Å². The van der Waals surface area contributed by atoms with Crippen molar-refractivity contribution >= 4 is 23.7 Å². The molecule has 0 saturated heterocycles. The molecule has 0 aromatic carbocycles. The van der Waals surface area contributed by atoms with Gasteiger partial charge < -0.3 is 42.6 Å². The monoisotopic (exact) mass is 469 g/mol. The van der Waals surface area contributed by atoms with Crippen molar-refractivity contribution in [2.24, 2.45) is 17.4 Å².